The SMILES string of the molecule is CC(=O)[C@]1(n2cn[nH]c2=O)CC[C@@](CO[C@H](C)c2cc(C(F)(F)F)cc(C(F)(F)F)c2)(C2(C)C=CC=CC2)NC1. The lowest BCUT2D eigenvalue weighted by atomic mass is 9.62. The molecule has 0 bridgehead atoms. The number of benzene rings is 1. The maximum absolute atomic E-state index is 13.4. The van der Waals surface area contributed by atoms with E-state index in [4.69, 9.17) is 4.74 Å². The quantitative estimate of drug-likeness (QED) is 0.439. The first-order valence-electron chi connectivity index (χ1n) is 12.7. The summed E-state index contributed by atoms with van der Waals surface area (Å²) in [6, 6.07) is 1.41. The number of piperidine rings is 1. The monoisotopic (exact) mass is 572 g/mol. The maximum atomic E-state index is 13.4. The van der Waals surface area contributed by atoms with Crippen molar-refractivity contribution in [3.05, 3.63) is 76.0 Å². The van der Waals surface area contributed by atoms with Gasteiger partial charge in [-0.25, -0.2) is 9.89 Å². The summed E-state index contributed by atoms with van der Waals surface area (Å²) in [5.41, 5.74) is -6.33. The molecular weight excluding hydrogens is 542 g/mol. The number of halogens is 6. The van der Waals surface area contributed by atoms with Gasteiger partial charge in [0.25, 0.3) is 0 Å². The van der Waals surface area contributed by atoms with Gasteiger partial charge in [-0.15, -0.1) is 0 Å². The summed E-state index contributed by atoms with van der Waals surface area (Å²) in [5, 5.41) is 9.46. The third-order valence-corrected chi connectivity index (χ3v) is 8.36. The highest BCUT2D eigenvalue weighted by Crippen LogP contribution is 2.47. The van der Waals surface area contributed by atoms with E-state index in [0.29, 0.717) is 25.0 Å². The first-order valence-corrected chi connectivity index (χ1v) is 12.7. The van der Waals surface area contributed by atoms with Crippen LogP contribution in [-0.4, -0.2) is 39.2 Å². The van der Waals surface area contributed by atoms with Gasteiger partial charge in [0.15, 0.2) is 5.78 Å². The van der Waals surface area contributed by atoms with Gasteiger partial charge in [-0.05, 0) is 56.9 Å². The second-order valence-corrected chi connectivity index (χ2v) is 10.8. The third-order valence-electron chi connectivity index (χ3n) is 8.36. The molecule has 0 radical (unpaired) electrons. The van der Waals surface area contributed by atoms with Crippen molar-refractivity contribution in [2.24, 2.45) is 5.41 Å². The van der Waals surface area contributed by atoms with Crippen LogP contribution in [0.5, 0.6) is 0 Å². The molecule has 7 nitrogen and oxygen atoms in total. The van der Waals surface area contributed by atoms with E-state index in [-0.39, 0.29) is 37.0 Å². The molecule has 2 aromatic rings. The Morgan fingerprint density at radius 1 is 1.10 bits per heavy atom. The van der Waals surface area contributed by atoms with Gasteiger partial charge in [-0.2, -0.15) is 31.4 Å². The lowest BCUT2D eigenvalue weighted by Gasteiger charge is -2.54. The molecule has 218 valence electrons. The predicted octanol–water partition coefficient (Wildman–Crippen LogP) is 5.32. The van der Waals surface area contributed by atoms with E-state index in [1.165, 1.54) is 24.7 Å². The van der Waals surface area contributed by atoms with Gasteiger partial charge in [-0.1, -0.05) is 31.2 Å². The van der Waals surface area contributed by atoms with Crippen LogP contribution in [0.15, 0.2) is 53.6 Å². The number of hydrogen-bond acceptors (Lipinski definition) is 5. The Labute approximate surface area is 226 Å². The number of alkyl halides is 6. The number of nitrogens with one attached hydrogen (secondary N) is 2. The average Bonchev–Trinajstić information content (AvgIpc) is 3.32. The summed E-state index contributed by atoms with van der Waals surface area (Å²) < 4.78 is 87.8. The average molecular weight is 573 g/mol. The van der Waals surface area contributed by atoms with E-state index < -0.39 is 51.8 Å². The molecule has 0 spiro atoms. The zero-order chi connectivity index (χ0) is 29.6. The van der Waals surface area contributed by atoms with Crippen LogP contribution in [0.3, 0.4) is 0 Å². The number of ketones is 1. The van der Waals surface area contributed by atoms with Gasteiger partial charge < -0.3 is 10.1 Å². The van der Waals surface area contributed by atoms with E-state index in [0.717, 1.165) is 0 Å². The standard InChI is InChI=1S/C27H30F6N4O3/c1-17(19-11-20(26(28,29)30)13-21(12-19)27(31,32)33)40-15-25(23(3)7-5-4-6-8-23)10-9-24(14-34-25,18(2)38)37-16-35-36-22(37)39/h4-7,11-13,16-17,34H,8-10,14-15H2,1-3H3,(H,36,39)/t17-,23?,24+,25-/m1/s1. The smallest absolute Gasteiger partial charge is 0.372 e. The minimum absolute atomic E-state index is 0.0362. The van der Waals surface area contributed by atoms with Crippen molar-refractivity contribution in [3.8, 4) is 0 Å². The zero-order valence-corrected chi connectivity index (χ0v) is 22.1. The Hall–Kier alpha value is -3.19. The number of hydrogen-bond donors (Lipinski definition) is 2. The van der Waals surface area contributed by atoms with Crippen molar-refractivity contribution in [2.45, 2.75) is 69.6 Å². The molecule has 2 heterocycles. The molecule has 1 aromatic heterocycles. The second kappa shape index (κ2) is 10.3. The molecule has 2 aliphatic rings. The lowest BCUT2D eigenvalue weighted by Crippen LogP contribution is -2.69. The molecule has 1 aliphatic carbocycles. The minimum atomic E-state index is -4.98. The number of nitrogens with zero attached hydrogens (tertiary/aromatic N) is 2. The Balaban J connectivity index is 1.66. The molecule has 1 fully saturated rings. The van der Waals surface area contributed by atoms with Crippen molar-refractivity contribution in [3.63, 3.8) is 0 Å². The minimum Gasteiger partial charge on any atom is -0.372 e. The number of H-pyrrole nitrogens is 1. The number of rotatable bonds is 7. The highest BCUT2D eigenvalue weighted by atomic mass is 19.4. The van der Waals surface area contributed by atoms with Crippen molar-refractivity contribution in [2.75, 3.05) is 13.2 Å². The zero-order valence-electron chi connectivity index (χ0n) is 22.1. The third kappa shape index (κ3) is 5.40. The number of ether oxygens (including phenoxy) is 1. The first kappa shape index (κ1) is 29.8. The fourth-order valence-electron chi connectivity index (χ4n) is 5.58. The molecule has 1 aromatic carbocycles. The Kier molecular flexibility index (Phi) is 7.69. The topological polar surface area (TPSA) is 89.0 Å². The molecule has 4 atom stereocenters. The number of carbonyl (C=O) groups excluding carboxylic acids is 1. The van der Waals surface area contributed by atoms with E-state index in [9.17, 15) is 35.9 Å². The molecular formula is C27H30F6N4O3. The van der Waals surface area contributed by atoms with E-state index in [1.54, 1.807) is 0 Å². The summed E-state index contributed by atoms with van der Waals surface area (Å²) in [6.07, 6.45) is -1.09. The van der Waals surface area contributed by atoms with Crippen LogP contribution in [0, 0.1) is 5.41 Å². The molecule has 4 rings (SSSR count). The fourth-order valence-corrected chi connectivity index (χ4v) is 5.58. The normalized spacial score (nSPS) is 28.0. The largest absolute Gasteiger partial charge is 0.416 e. The highest BCUT2D eigenvalue weighted by molar-refractivity contribution is 5.84. The molecule has 1 saturated heterocycles. The summed E-state index contributed by atoms with van der Waals surface area (Å²) >= 11 is 0. The van der Waals surface area contributed by atoms with Crippen molar-refractivity contribution >= 4 is 5.78 Å². The Morgan fingerprint density at radius 2 is 1.75 bits per heavy atom. The van der Waals surface area contributed by atoms with Gasteiger partial charge in [0.05, 0.1) is 29.4 Å². The molecule has 1 aliphatic heterocycles. The van der Waals surface area contributed by atoms with E-state index in [1.807, 2.05) is 31.2 Å². The van der Waals surface area contributed by atoms with Crippen LogP contribution in [-0.2, 0) is 27.4 Å². The first-order chi connectivity index (χ1) is 18.5. The number of allylic oxidation sites excluding steroid dienone is 3. The molecule has 40 heavy (non-hydrogen) atoms. The Morgan fingerprint density at radius 3 is 2.20 bits per heavy atom. The fraction of sp³-hybridized carbons (Fsp3) is 0.519. The van der Waals surface area contributed by atoms with Gasteiger partial charge in [0.2, 0.25) is 0 Å². The van der Waals surface area contributed by atoms with Crippen LogP contribution in [0.2, 0.25) is 0 Å². The van der Waals surface area contributed by atoms with Crippen molar-refractivity contribution < 1.29 is 35.9 Å². The second-order valence-electron chi connectivity index (χ2n) is 10.8. The van der Waals surface area contributed by atoms with Gasteiger partial charge >= 0.3 is 18.0 Å². The highest BCUT2D eigenvalue weighted by Gasteiger charge is 2.54. The number of Topliss-reactive ketones (excluding diaryl/α,β-unsaturated/α-hetero) is 1. The Bertz CT molecular complexity index is 1330. The molecule has 1 unspecified atom stereocenters. The van der Waals surface area contributed by atoms with Gasteiger partial charge in [0.1, 0.15) is 11.9 Å². The summed E-state index contributed by atoms with van der Waals surface area (Å²) in [4.78, 5) is 25.2. The lowest BCUT2D eigenvalue weighted by molar-refractivity contribution is -0.143. The number of aromatic amines is 1. The van der Waals surface area contributed by atoms with Crippen LogP contribution < -0.4 is 11.0 Å². The van der Waals surface area contributed by atoms with Crippen molar-refractivity contribution in [1.29, 1.82) is 0 Å². The molecule has 13 heteroatoms. The van der Waals surface area contributed by atoms with Crippen LogP contribution in [0.25, 0.3) is 0 Å². The van der Waals surface area contributed by atoms with Crippen LogP contribution in [0.1, 0.15) is 62.8 Å². The summed E-state index contributed by atoms with van der Waals surface area (Å²) in [6.45, 7) is 4.69. The van der Waals surface area contributed by atoms with Crippen LogP contribution >= 0.6 is 0 Å². The van der Waals surface area contributed by atoms with Crippen molar-refractivity contribution in [1.82, 2.24) is 20.1 Å². The van der Waals surface area contributed by atoms with Gasteiger partial charge in [0, 0.05) is 12.0 Å². The van der Waals surface area contributed by atoms with E-state index >= 15 is 0 Å². The summed E-state index contributed by atoms with van der Waals surface area (Å²) in [5.74, 6) is -0.265. The predicted molar refractivity (Wildman–Crippen MR) is 133 cm³/mol. The molecule has 0 saturated carbocycles. The van der Waals surface area contributed by atoms with Crippen LogP contribution in [0.4, 0.5) is 26.3 Å². The molecule has 0 amide bonds. The summed E-state index contributed by atoms with van der Waals surface area (Å²) in [7, 11) is 0. The number of aromatic nitrogens is 3. The maximum Gasteiger partial charge on any atom is 0.416 e. The number of carbonyl (C=O) groups is 1. The molecule has 2 N–H and O–H groups in total. The van der Waals surface area contributed by atoms with E-state index in [2.05, 4.69) is 15.5 Å². The van der Waals surface area contributed by atoms with Gasteiger partial charge in [-0.3, -0.25) is 9.36 Å².